The van der Waals surface area contributed by atoms with Crippen molar-refractivity contribution < 1.29 is 4.39 Å². The van der Waals surface area contributed by atoms with Crippen molar-refractivity contribution in [2.75, 3.05) is 0 Å². The average Bonchev–Trinajstić information content (AvgIpc) is 2.46. The number of aromatic nitrogens is 1. The number of fused-ring (bicyclic) bond motifs is 1. The van der Waals surface area contributed by atoms with Gasteiger partial charge >= 0.3 is 0 Å². The molecule has 0 amide bonds. The number of nitrogens with zero attached hydrogens (tertiary/aromatic N) is 1. The Labute approximate surface area is 115 Å². The molecule has 0 aliphatic carbocycles. The van der Waals surface area contributed by atoms with Gasteiger partial charge in [0.05, 0.1) is 10.5 Å². The van der Waals surface area contributed by atoms with Crippen LogP contribution in [0.2, 0.25) is 0 Å². The minimum absolute atomic E-state index is 0.223. The summed E-state index contributed by atoms with van der Waals surface area (Å²) in [5.74, 6) is 0.666. The second-order valence-corrected chi connectivity index (χ2v) is 5.26. The molecule has 0 N–H and O–H groups in total. The van der Waals surface area contributed by atoms with E-state index in [0.717, 1.165) is 21.7 Å². The Balaban J connectivity index is 1.80. The predicted molar refractivity (Wildman–Crippen MR) is 77.7 cm³/mol. The topological polar surface area (TPSA) is 12.9 Å². The molecule has 3 aromatic rings. The first-order valence-electron chi connectivity index (χ1n) is 6.04. The SMILES string of the molecule is Fc1ccc2nc(SCc3ccccc3)ccc2c1. The van der Waals surface area contributed by atoms with Crippen LogP contribution in [0.15, 0.2) is 65.7 Å². The van der Waals surface area contributed by atoms with Crippen LogP contribution in [0.3, 0.4) is 0 Å². The Morgan fingerprint density at radius 2 is 1.79 bits per heavy atom. The summed E-state index contributed by atoms with van der Waals surface area (Å²) in [5, 5.41) is 1.80. The lowest BCUT2D eigenvalue weighted by Gasteiger charge is -2.03. The fourth-order valence-electron chi connectivity index (χ4n) is 1.89. The zero-order chi connectivity index (χ0) is 13.1. The van der Waals surface area contributed by atoms with Crippen LogP contribution in [0.25, 0.3) is 10.9 Å². The minimum Gasteiger partial charge on any atom is -0.241 e. The first-order chi connectivity index (χ1) is 9.31. The highest BCUT2D eigenvalue weighted by molar-refractivity contribution is 7.98. The maximum atomic E-state index is 13.1. The van der Waals surface area contributed by atoms with Crippen molar-refractivity contribution in [1.82, 2.24) is 4.98 Å². The standard InChI is InChI=1S/C16H12FNS/c17-14-7-8-15-13(10-14)6-9-16(18-15)19-11-12-4-2-1-3-5-12/h1-10H,11H2. The van der Waals surface area contributed by atoms with Gasteiger partial charge in [-0.1, -0.05) is 36.4 Å². The maximum absolute atomic E-state index is 13.1. The second-order valence-electron chi connectivity index (χ2n) is 4.26. The molecule has 94 valence electrons. The highest BCUT2D eigenvalue weighted by Crippen LogP contribution is 2.23. The monoisotopic (exact) mass is 269 g/mol. The van der Waals surface area contributed by atoms with Crippen molar-refractivity contribution in [3.63, 3.8) is 0 Å². The van der Waals surface area contributed by atoms with E-state index in [1.165, 1.54) is 17.7 Å². The molecular formula is C16H12FNS. The van der Waals surface area contributed by atoms with E-state index < -0.39 is 0 Å². The molecule has 19 heavy (non-hydrogen) atoms. The van der Waals surface area contributed by atoms with Crippen LogP contribution in [0.4, 0.5) is 4.39 Å². The van der Waals surface area contributed by atoms with Crippen molar-refractivity contribution in [2.45, 2.75) is 10.8 Å². The Bertz CT molecular complexity index is 697. The van der Waals surface area contributed by atoms with Gasteiger partial charge in [-0.3, -0.25) is 0 Å². The molecule has 0 atom stereocenters. The van der Waals surface area contributed by atoms with Gasteiger partial charge in [-0.25, -0.2) is 9.37 Å². The summed E-state index contributed by atoms with van der Waals surface area (Å²) >= 11 is 1.69. The normalized spacial score (nSPS) is 10.8. The molecule has 0 radical (unpaired) electrons. The van der Waals surface area contributed by atoms with Gasteiger partial charge in [0, 0.05) is 11.1 Å². The summed E-state index contributed by atoms with van der Waals surface area (Å²) in [7, 11) is 0. The Kier molecular flexibility index (Phi) is 3.47. The third kappa shape index (κ3) is 2.93. The lowest BCUT2D eigenvalue weighted by molar-refractivity contribution is 0.629. The molecule has 1 heterocycles. The number of pyridine rings is 1. The lowest BCUT2D eigenvalue weighted by atomic mass is 10.2. The number of rotatable bonds is 3. The number of halogens is 1. The highest BCUT2D eigenvalue weighted by atomic mass is 32.2. The smallest absolute Gasteiger partial charge is 0.123 e. The van der Waals surface area contributed by atoms with E-state index in [4.69, 9.17) is 0 Å². The van der Waals surface area contributed by atoms with Crippen LogP contribution in [-0.4, -0.2) is 4.98 Å². The summed E-state index contributed by atoms with van der Waals surface area (Å²) < 4.78 is 13.1. The summed E-state index contributed by atoms with van der Waals surface area (Å²) in [6.45, 7) is 0. The molecule has 0 spiro atoms. The zero-order valence-corrected chi connectivity index (χ0v) is 11.0. The van der Waals surface area contributed by atoms with E-state index in [-0.39, 0.29) is 5.82 Å². The van der Waals surface area contributed by atoms with Gasteiger partial charge in [0.2, 0.25) is 0 Å². The van der Waals surface area contributed by atoms with E-state index in [1.54, 1.807) is 17.8 Å². The quantitative estimate of drug-likeness (QED) is 0.641. The summed E-state index contributed by atoms with van der Waals surface area (Å²) in [6.07, 6.45) is 0. The second kappa shape index (κ2) is 5.41. The van der Waals surface area contributed by atoms with Crippen molar-refractivity contribution in [3.05, 3.63) is 72.0 Å². The van der Waals surface area contributed by atoms with Crippen LogP contribution >= 0.6 is 11.8 Å². The summed E-state index contributed by atoms with van der Waals surface area (Å²) in [4.78, 5) is 4.53. The van der Waals surface area contributed by atoms with E-state index in [1.807, 2.05) is 30.3 Å². The van der Waals surface area contributed by atoms with Crippen LogP contribution in [-0.2, 0) is 5.75 Å². The van der Waals surface area contributed by atoms with E-state index in [9.17, 15) is 4.39 Å². The van der Waals surface area contributed by atoms with Crippen molar-refractivity contribution in [3.8, 4) is 0 Å². The van der Waals surface area contributed by atoms with Gasteiger partial charge in [0.15, 0.2) is 0 Å². The maximum Gasteiger partial charge on any atom is 0.123 e. The third-order valence-electron chi connectivity index (χ3n) is 2.86. The van der Waals surface area contributed by atoms with E-state index in [0.29, 0.717) is 0 Å². The van der Waals surface area contributed by atoms with Gasteiger partial charge in [0.1, 0.15) is 5.82 Å². The lowest BCUT2D eigenvalue weighted by Crippen LogP contribution is -1.85. The minimum atomic E-state index is -0.223. The summed E-state index contributed by atoms with van der Waals surface area (Å²) in [5.41, 5.74) is 2.10. The van der Waals surface area contributed by atoms with Gasteiger partial charge in [0.25, 0.3) is 0 Å². The first kappa shape index (κ1) is 12.2. The average molecular weight is 269 g/mol. The van der Waals surface area contributed by atoms with E-state index >= 15 is 0 Å². The number of thioether (sulfide) groups is 1. The molecule has 0 aliphatic rings. The van der Waals surface area contributed by atoms with E-state index in [2.05, 4.69) is 17.1 Å². The molecule has 0 fully saturated rings. The molecule has 3 heteroatoms. The van der Waals surface area contributed by atoms with Crippen LogP contribution in [0.1, 0.15) is 5.56 Å². The highest BCUT2D eigenvalue weighted by Gasteiger charge is 2.01. The summed E-state index contributed by atoms with van der Waals surface area (Å²) in [6, 6.07) is 18.8. The number of benzene rings is 2. The van der Waals surface area contributed by atoms with Crippen LogP contribution in [0, 0.1) is 5.82 Å². The molecule has 0 bridgehead atoms. The van der Waals surface area contributed by atoms with Gasteiger partial charge in [-0.05, 0) is 29.8 Å². The molecule has 0 saturated heterocycles. The molecule has 3 rings (SSSR count). The molecule has 0 unspecified atom stereocenters. The van der Waals surface area contributed by atoms with Crippen LogP contribution < -0.4 is 0 Å². The Morgan fingerprint density at radius 3 is 2.63 bits per heavy atom. The predicted octanol–water partition coefficient (Wildman–Crippen LogP) is 4.67. The van der Waals surface area contributed by atoms with Gasteiger partial charge in [-0.2, -0.15) is 0 Å². The first-order valence-corrected chi connectivity index (χ1v) is 7.03. The van der Waals surface area contributed by atoms with Crippen molar-refractivity contribution in [2.24, 2.45) is 0 Å². The van der Waals surface area contributed by atoms with Gasteiger partial charge < -0.3 is 0 Å². The van der Waals surface area contributed by atoms with Crippen LogP contribution in [0.5, 0.6) is 0 Å². The molecule has 2 aromatic carbocycles. The largest absolute Gasteiger partial charge is 0.241 e. The molecule has 0 saturated carbocycles. The molecule has 0 aliphatic heterocycles. The molecule has 1 nitrogen and oxygen atoms in total. The zero-order valence-electron chi connectivity index (χ0n) is 10.2. The third-order valence-corrected chi connectivity index (χ3v) is 3.86. The van der Waals surface area contributed by atoms with Gasteiger partial charge in [-0.15, -0.1) is 11.8 Å². The number of hydrogen-bond acceptors (Lipinski definition) is 2. The Morgan fingerprint density at radius 1 is 0.947 bits per heavy atom. The van der Waals surface area contributed by atoms with Crippen molar-refractivity contribution >= 4 is 22.7 Å². The fraction of sp³-hybridized carbons (Fsp3) is 0.0625. The Hall–Kier alpha value is -1.87. The molecule has 1 aromatic heterocycles. The van der Waals surface area contributed by atoms with Crippen molar-refractivity contribution in [1.29, 1.82) is 0 Å². The number of hydrogen-bond donors (Lipinski definition) is 0. The fourth-order valence-corrected chi connectivity index (χ4v) is 2.72. The molecular weight excluding hydrogens is 257 g/mol.